The van der Waals surface area contributed by atoms with Crippen molar-refractivity contribution in [3.8, 4) is 0 Å². The number of amides is 2. The lowest BCUT2D eigenvalue weighted by molar-refractivity contribution is -0.141. The van der Waals surface area contributed by atoms with Crippen LogP contribution in [-0.2, 0) is 39.0 Å². The van der Waals surface area contributed by atoms with E-state index in [0.29, 0.717) is 27.7 Å². The Labute approximate surface area is 278 Å². The van der Waals surface area contributed by atoms with E-state index in [1.807, 2.05) is 49.4 Å². The van der Waals surface area contributed by atoms with Crippen LogP contribution in [0.1, 0.15) is 68.6 Å². The molecule has 0 saturated heterocycles. The molecule has 0 spiro atoms. The van der Waals surface area contributed by atoms with Gasteiger partial charge in [0.05, 0.1) is 11.9 Å². The molecule has 1 aliphatic carbocycles. The van der Waals surface area contributed by atoms with Gasteiger partial charge in [0.2, 0.25) is 21.8 Å². The van der Waals surface area contributed by atoms with E-state index < -0.39 is 16.1 Å². The second-order valence-electron chi connectivity index (χ2n) is 11.8. The zero-order valence-electron chi connectivity index (χ0n) is 26.1. The first-order valence-corrected chi connectivity index (χ1v) is 18.3. The molecule has 1 N–H and O–H groups in total. The number of hydrogen-bond acceptors (Lipinski definition) is 4. The predicted molar refractivity (Wildman–Crippen MR) is 183 cm³/mol. The van der Waals surface area contributed by atoms with Crippen molar-refractivity contribution in [1.82, 2.24) is 10.2 Å². The third kappa shape index (κ3) is 10.2. The van der Waals surface area contributed by atoms with Crippen molar-refractivity contribution in [2.24, 2.45) is 0 Å². The summed E-state index contributed by atoms with van der Waals surface area (Å²) >= 11 is 12.7. The number of hydrogen-bond donors (Lipinski definition) is 1. The highest BCUT2D eigenvalue weighted by Crippen LogP contribution is 2.26. The zero-order valence-corrected chi connectivity index (χ0v) is 28.4. The van der Waals surface area contributed by atoms with Gasteiger partial charge in [0, 0.05) is 42.0 Å². The summed E-state index contributed by atoms with van der Waals surface area (Å²) < 4.78 is 26.8. The first-order valence-electron chi connectivity index (χ1n) is 15.7. The lowest BCUT2D eigenvalue weighted by atomic mass is 9.94. The maximum Gasteiger partial charge on any atom is 0.243 e. The van der Waals surface area contributed by atoms with Gasteiger partial charge in [0.15, 0.2) is 0 Å². The van der Waals surface area contributed by atoms with Crippen LogP contribution in [0.2, 0.25) is 10.0 Å². The van der Waals surface area contributed by atoms with Gasteiger partial charge in [-0.15, -0.1) is 0 Å². The molecule has 1 atom stereocenters. The Morgan fingerprint density at radius 2 is 1.62 bits per heavy atom. The number of anilines is 1. The molecule has 45 heavy (non-hydrogen) atoms. The molecule has 1 fully saturated rings. The van der Waals surface area contributed by atoms with Crippen LogP contribution in [0.25, 0.3) is 0 Å². The molecule has 4 rings (SSSR count). The van der Waals surface area contributed by atoms with E-state index in [-0.39, 0.29) is 43.8 Å². The molecule has 3 aromatic carbocycles. The van der Waals surface area contributed by atoms with Crippen LogP contribution < -0.4 is 9.62 Å². The van der Waals surface area contributed by atoms with Gasteiger partial charge in [0.1, 0.15) is 6.04 Å². The first-order chi connectivity index (χ1) is 21.5. The van der Waals surface area contributed by atoms with E-state index in [9.17, 15) is 18.0 Å². The fourth-order valence-corrected chi connectivity index (χ4v) is 7.27. The molecule has 0 radical (unpaired) electrons. The number of sulfonamides is 1. The molecule has 1 saturated carbocycles. The van der Waals surface area contributed by atoms with Crippen molar-refractivity contribution in [3.05, 3.63) is 99.5 Å². The molecule has 0 bridgehead atoms. The highest BCUT2D eigenvalue weighted by atomic mass is 35.5. The summed E-state index contributed by atoms with van der Waals surface area (Å²) in [7, 11) is -3.59. The first kappa shape index (κ1) is 34.8. The normalized spacial score (nSPS) is 14.5. The lowest BCUT2D eigenvalue weighted by Gasteiger charge is -2.34. The number of aryl methyl sites for hydroxylation is 1. The van der Waals surface area contributed by atoms with E-state index >= 15 is 0 Å². The molecular formula is C35H43Cl2N3O4S. The Hall–Kier alpha value is -3.07. The van der Waals surface area contributed by atoms with Crippen LogP contribution in [0.3, 0.4) is 0 Å². The number of carbonyl (C=O) groups is 2. The van der Waals surface area contributed by atoms with Gasteiger partial charge < -0.3 is 10.2 Å². The van der Waals surface area contributed by atoms with Crippen molar-refractivity contribution < 1.29 is 18.0 Å². The van der Waals surface area contributed by atoms with Gasteiger partial charge in [-0.3, -0.25) is 13.9 Å². The largest absolute Gasteiger partial charge is 0.352 e. The number of carbonyl (C=O) groups excluding carboxylic acids is 2. The average Bonchev–Trinajstić information content (AvgIpc) is 3.02. The standard InChI is InChI=1S/C35H43Cl2N3O4S/c1-3-26-16-20-31(21-17-26)40(45(2,43)44)22-10-15-34(41)39(25-28-18-19-29(36)24-32(28)37)33(23-27-11-6-4-7-12-27)35(42)38-30-13-8-5-9-14-30/h4,6-7,11-12,16-21,24,30,33H,3,5,8-10,13-15,22-23,25H2,1-2H3,(H,38,42)/t33-/m0/s1. The molecule has 0 aromatic heterocycles. The Balaban J connectivity index is 1.60. The molecule has 0 aliphatic heterocycles. The molecular weight excluding hydrogens is 629 g/mol. The lowest BCUT2D eigenvalue weighted by Crippen LogP contribution is -2.53. The number of benzene rings is 3. The highest BCUT2D eigenvalue weighted by Gasteiger charge is 2.32. The van der Waals surface area contributed by atoms with Crippen molar-refractivity contribution >= 4 is 50.7 Å². The fraction of sp³-hybridized carbons (Fsp3) is 0.429. The minimum Gasteiger partial charge on any atom is -0.352 e. The maximum atomic E-state index is 14.1. The van der Waals surface area contributed by atoms with Crippen LogP contribution in [-0.4, -0.2) is 50.0 Å². The summed E-state index contributed by atoms with van der Waals surface area (Å²) in [5, 5.41) is 4.12. The molecule has 242 valence electrons. The summed E-state index contributed by atoms with van der Waals surface area (Å²) in [4.78, 5) is 29.7. The van der Waals surface area contributed by atoms with Crippen LogP contribution >= 0.6 is 23.2 Å². The Bertz CT molecular complexity index is 1530. The Kier molecular flexibility index (Phi) is 12.7. The molecule has 0 heterocycles. The number of nitrogens with zero attached hydrogens (tertiary/aromatic N) is 2. The van der Waals surface area contributed by atoms with Crippen molar-refractivity contribution in [3.63, 3.8) is 0 Å². The van der Waals surface area contributed by atoms with E-state index in [4.69, 9.17) is 23.2 Å². The fourth-order valence-electron chi connectivity index (χ4n) is 5.83. The minimum atomic E-state index is -3.59. The number of halogens is 2. The predicted octanol–water partition coefficient (Wildman–Crippen LogP) is 7.19. The molecule has 7 nitrogen and oxygen atoms in total. The van der Waals surface area contributed by atoms with E-state index in [1.54, 1.807) is 35.2 Å². The van der Waals surface area contributed by atoms with Crippen LogP contribution in [0.4, 0.5) is 5.69 Å². The van der Waals surface area contributed by atoms with Crippen molar-refractivity contribution in [2.75, 3.05) is 17.1 Å². The average molecular weight is 673 g/mol. The quantitative estimate of drug-likeness (QED) is 0.197. The minimum absolute atomic E-state index is 0.0479. The summed E-state index contributed by atoms with van der Waals surface area (Å²) in [6, 6.07) is 21.5. The third-order valence-corrected chi connectivity index (χ3v) is 10.1. The second-order valence-corrected chi connectivity index (χ2v) is 14.5. The van der Waals surface area contributed by atoms with Crippen molar-refractivity contribution in [1.29, 1.82) is 0 Å². The zero-order chi connectivity index (χ0) is 32.4. The SMILES string of the molecule is CCc1ccc(N(CCCC(=O)N(Cc2ccc(Cl)cc2Cl)[C@@H](Cc2ccccc2)C(=O)NC2CCCCC2)S(C)(=O)=O)cc1. The Morgan fingerprint density at radius 1 is 0.933 bits per heavy atom. The molecule has 1 aliphatic rings. The second kappa shape index (κ2) is 16.5. The highest BCUT2D eigenvalue weighted by molar-refractivity contribution is 7.92. The van der Waals surface area contributed by atoms with E-state index in [1.165, 1.54) is 10.6 Å². The molecule has 3 aromatic rings. The smallest absolute Gasteiger partial charge is 0.243 e. The topological polar surface area (TPSA) is 86.8 Å². The monoisotopic (exact) mass is 671 g/mol. The summed E-state index contributed by atoms with van der Waals surface area (Å²) in [5.74, 6) is -0.450. The van der Waals surface area contributed by atoms with Gasteiger partial charge in [-0.2, -0.15) is 0 Å². The van der Waals surface area contributed by atoms with Crippen LogP contribution in [0, 0.1) is 0 Å². The van der Waals surface area contributed by atoms with E-state index in [2.05, 4.69) is 5.32 Å². The third-order valence-electron chi connectivity index (χ3n) is 8.36. The molecule has 0 unspecified atom stereocenters. The summed E-state index contributed by atoms with van der Waals surface area (Å²) in [5.41, 5.74) is 3.27. The number of rotatable bonds is 14. The Morgan fingerprint density at radius 3 is 2.24 bits per heavy atom. The molecule has 2 amide bonds. The summed E-state index contributed by atoms with van der Waals surface area (Å²) in [6.07, 6.45) is 7.79. The maximum absolute atomic E-state index is 14.1. The molecule has 10 heteroatoms. The number of nitrogens with one attached hydrogen (secondary N) is 1. The van der Waals surface area contributed by atoms with Gasteiger partial charge in [-0.05, 0) is 66.6 Å². The van der Waals surface area contributed by atoms with Crippen LogP contribution in [0.5, 0.6) is 0 Å². The van der Waals surface area contributed by atoms with E-state index in [0.717, 1.165) is 49.7 Å². The summed E-state index contributed by atoms with van der Waals surface area (Å²) in [6.45, 7) is 2.28. The van der Waals surface area contributed by atoms with Crippen molar-refractivity contribution in [2.45, 2.75) is 83.3 Å². The van der Waals surface area contributed by atoms with Crippen LogP contribution in [0.15, 0.2) is 72.8 Å². The van der Waals surface area contributed by atoms with Gasteiger partial charge in [-0.25, -0.2) is 8.42 Å². The van der Waals surface area contributed by atoms with Gasteiger partial charge in [-0.1, -0.05) is 97.9 Å². The van der Waals surface area contributed by atoms with Gasteiger partial charge in [0.25, 0.3) is 0 Å². The van der Waals surface area contributed by atoms with Gasteiger partial charge >= 0.3 is 0 Å².